The third kappa shape index (κ3) is 2.59. The molecule has 1 aliphatic rings. The summed E-state index contributed by atoms with van der Waals surface area (Å²) in [5.74, 6) is 0.628. The van der Waals surface area contributed by atoms with Crippen molar-refractivity contribution < 1.29 is 4.79 Å². The van der Waals surface area contributed by atoms with Crippen molar-refractivity contribution in [2.45, 2.75) is 13.0 Å². The molecule has 2 heterocycles. The zero-order valence-electron chi connectivity index (χ0n) is 11.1. The number of amides is 1. The molecular formula is C12H19N5O. The molecule has 1 fully saturated rings. The summed E-state index contributed by atoms with van der Waals surface area (Å²) in [5.41, 5.74) is 0.408. The number of hydrogen-bond acceptors (Lipinski definition) is 5. The fourth-order valence-corrected chi connectivity index (χ4v) is 2.17. The lowest BCUT2D eigenvalue weighted by Crippen LogP contribution is -2.52. The molecule has 1 unspecified atom stereocenters. The molecule has 1 amide bonds. The van der Waals surface area contributed by atoms with Crippen LogP contribution in [0, 0.1) is 0 Å². The molecule has 0 aromatic carbocycles. The second-order valence-electron chi connectivity index (χ2n) is 4.66. The number of hydrogen-bond donors (Lipinski definition) is 1. The number of piperazine rings is 1. The van der Waals surface area contributed by atoms with Crippen molar-refractivity contribution in [3.05, 3.63) is 17.8 Å². The highest BCUT2D eigenvalue weighted by atomic mass is 16.2. The number of likely N-dealkylation sites (N-methyl/N-ethyl adjacent to an activating group) is 1. The Bertz CT molecular complexity index is 419. The summed E-state index contributed by atoms with van der Waals surface area (Å²) < 4.78 is 0. The maximum atomic E-state index is 12.3. The van der Waals surface area contributed by atoms with Crippen LogP contribution in [-0.4, -0.2) is 65.7 Å². The van der Waals surface area contributed by atoms with Crippen LogP contribution in [0.5, 0.6) is 0 Å². The average molecular weight is 249 g/mol. The van der Waals surface area contributed by atoms with Gasteiger partial charge in [0.05, 0.1) is 0 Å². The van der Waals surface area contributed by atoms with E-state index in [2.05, 4.69) is 34.4 Å². The second-order valence-corrected chi connectivity index (χ2v) is 4.66. The van der Waals surface area contributed by atoms with E-state index in [9.17, 15) is 4.79 Å². The number of carbonyl (C=O) groups excluding carboxylic acids is 1. The largest absolute Gasteiger partial charge is 0.372 e. The van der Waals surface area contributed by atoms with Crippen molar-refractivity contribution >= 4 is 11.7 Å². The molecule has 98 valence electrons. The van der Waals surface area contributed by atoms with Gasteiger partial charge in [-0.3, -0.25) is 4.79 Å². The SMILES string of the molecule is CNc1ccc(C(=O)N2CCN(C)CC2C)nn1. The fourth-order valence-electron chi connectivity index (χ4n) is 2.17. The van der Waals surface area contributed by atoms with Crippen molar-refractivity contribution in [1.82, 2.24) is 20.0 Å². The van der Waals surface area contributed by atoms with E-state index in [1.165, 1.54) is 0 Å². The van der Waals surface area contributed by atoms with Gasteiger partial charge in [0, 0.05) is 32.7 Å². The third-order valence-electron chi connectivity index (χ3n) is 3.23. The van der Waals surface area contributed by atoms with Crippen molar-refractivity contribution in [2.75, 3.05) is 39.0 Å². The number of anilines is 1. The molecule has 6 nitrogen and oxygen atoms in total. The number of carbonyl (C=O) groups is 1. The van der Waals surface area contributed by atoms with E-state index in [0.717, 1.165) is 19.6 Å². The summed E-state index contributed by atoms with van der Waals surface area (Å²) in [7, 11) is 3.84. The summed E-state index contributed by atoms with van der Waals surface area (Å²) in [6.07, 6.45) is 0. The smallest absolute Gasteiger partial charge is 0.274 e. The molecule has 1 saturated heterocycles. The van der Waals surface area contributed by atoms with Gasteiger partial charge in [-0.05, 0) is 26.1 Å². The number of rotatable bonds is 2. The second kappa shape index (κ2) is 5.30. The molecule has 1 atom stereocenters. The highest BCUT2D eigenvalue weighted by molar-refractivity contribution is 5.92. The maximum absolute atomic E-state index is 12.3. The molecule has 0 spiro atoms. The summed E-state index contributed by atoms with van der Waals surface area (Å²) in [4.78, 5) is 16.4. The topological polar surface area (TPSA) is 61.4 Å². The van der Waals surface area contributed by atoms with Crippen molar-refractivity contribution in [1.29, 1.82) is 0 Å². The minimum absolute atomic E-state index is 0.0363. The molecule has 0 saturated carbocycles. The summed E-state index contributed by atoms with van der Waals surface area (Å²) >= 11 is 0. The molecule has 2 rings (SSSR count). The van der Waals surface area contributed by atoms with Gasteiger partial charge in [-0.2, -0.15) is 0 Å². The third-order valence-corrected chi connectivity index (χ3v) is 3.23. The molecular weight excluding hydrogens is 230 g/mol. The minimum Gasteiger partial charge on any atom is -0.372 e. The van der Waals surface area contributed by atoms with E-state index in [1.54, 1.807) is 19.2 Å². The quantitative estimate of drug-likeness (QED) is 0.816. The zero-order valence-corrected chi connectivity index (χ0v) is 11.1. The molecule has 1 aliphatic heterocycles. The lowest BCUT2D eigenvalue weighted by molar-refractivity contribution is 0.0526. The van der Waals surface area contributed by atoms with Gasteiger partial charge in [0.25, 0.3) is 5.91 Å². The maximum Gasteiger partial charge on any atom is 0.274 e. The van der Waals surface area contributed by atoms with Gasteiger partial charge in [-0.1, -0.05) is 0 Å². The van der Waals surface area contributed by atoms with Crippen LogP contribution in [-0.2, 0) is 0 Å². The summed E-state index contributed by atoms with van der Waals surface area (Å²) in [6, 6.07) is 3.69. The van der Waals surface area contributed by atoms with E-state index in [4.69, 9.17) is 0 Å². The first-order valence-corrected chi connectivity index (χ1v) is 6.13. The first kappa shape index (κ1) is 12.8. The lowest BCUT2D eigenvalue weighted by Gasteiger charge is -2.37. The van der Waals surface area contributed by atoms with E-state index in [-0.39, 0.29) is 11.9 Å². The van der Waals surface area contributed by atoms with Crippen molar-refractivity contribution in [3.63, 3.8) is 0 Å². The molecule has 0 radical (unpaired) electrons. The van der Waals surface area contributed by atoms with Crippen molar-refractivity contribution in [2.24, 2.45) is 0 Å². The monoisotopic (exact) mass is 249 g/mol. The summed E-state index contributed by atoms with van der Waals surface area (Å²) in [6.45, 7) is 4.60. The van der Waals surface area contributed by atoms with E-state index in [0.29, 0.717) is 11.5 Å². The van der Waals surface area contributed by atoms with Gasteiger partial charge in [0.1, 0.15) is 5.82 Å². The van der Waals surface area contributed by atoms with Gasteiger partial charge in [-0.15, -0.1) is 10.2 Å². The number of nitrogens with one attached hydrogen (secondary N) is 1. The van der Waals surface area contributed by atoms with Gasteiger partial charge in [0.15, 0.2) is 5.69 Å². The Morgan fingerprint density at radius 1 is 1.39 bits per heavy atom. The van der Waals surface area contributed by atoms with Crippen LogP contribution >= 0.6 is 0 Å². The molecule has 1 aromatic heterocycles. The Kier molecular flexibility index (Phi) is 3.76. The van der Waals surface area contributed by atoms with Crippen LogP contribution in [0.4, 0.5) is 5.82 Å². The minimum atomic E-state index is -0.0363. The van der Waals surface area contributed by atoms with Crippen LogP contribution in [0.15, 0.2) is 12.1 Å². The first-order valence-electron chi connectivity index (χ1n) is 6.13. The Morgan fingerprint density at radius 3 is 2.72 bits per heavy atom. The highest BCUT2D eigenvalue weighted by Gasteiger charge is 2.27. The normalized spacial score (nSPS) is 20.8. The first-order chi connectivity index (χ1) is 8.61. The molecule has 6 heteroatoms. The van der Waals surface area contributed by atoms with E-state index < -0.39 is 0 Å². The summed E-state index contributed by atoms with van der Waals surface area (Å²) in [5, 5.41) is 10.8. The average Bonchev–Trinajstić information content (AvgIpc) is 2.38. The molecule has 0 aliphatic carbocycles. The van der Waals surface area contributed by atoms with Crippen LogP contribution in [0.1, 0.15) is 17.4 Å². The van der Waals surface area contributed by atoms with Crippen LogP contribution in [0.25, 0.3) is 0 Å². The molecule has 0 bridgehead atoms. The van der Waals surface area contributed by atoms with E-state index in [1.807, 2.05) is 4.90 Å². The van der Waals surface area contributed by atoms with Crippen LogP contribution in [0.2, 0.25) is 0 Å². The Labute approximate surface area is 107 Å². The van der Waals surface area contributed by atoms with Crippen LogP contribution in [0.3, 0.4) is 0 Å². The standard InChI is InChI=1S/C12H19N5O/c1-9-8-16(3)6-7-17(9)12(18)10-4-5-11(13-2)15-14-10/h4-5,9H,6-8H2,1-3H3,(H,13,15). The number of aromatic nitrogens is 2. The molecule has 18 heavy (non-hydrogen) atoms. The predicted octanol–water partition coefficient (Wildman–Crippen LogP) is 0.294. The Hall–Kier alpha value is -1.69. The van der Waals surface area contributed by atoms with Gasteiger partial charge in [0.2, 0.25) is 0 Å². The molecule has 1 N–H and O–H groups in total. The Balaban J connectivity index is 2.10. The van der Waals surface area contributed by atoms with Crippen LogP contribution < -0.4 is 5.32 Å². The fraction of sp³-hybridized carbons (Fsp3) is 0.583. The molecule has 1 aromatic rings. The van der Waals surface area contributed by atoms with Gasteiger partial charge >= 0.3 is 0 Å². The zero-order chi connectivity index (χ0) is 13.1. The number of nitrogens with zero attached hydrogens (tertiary/aromatic N) is 4. The van der Waals surface area contributed by atoms with Gasteiger partial charge < -0.3 is 15.1 Å². The van der Waals surface area contributed by atoms with Crippen molar-refractivity contribution in [3.8, 4) is 0 Å². The van der Waals surface area contributed by atoms with Gasteiger partial charge in [-0.25, -0.2) is 0 Å². The Morgan fingerprint density at radius 2 is 2.17 bits per heavy atom. The predicted molar refractivity (Wildman–Crippen MR) is 69.6 cm³/mol. The van der Waals surface area contributed by atoms with E-state index >= 15 is 0 Å². The highest BCUT2D eigenvalue weighted by Crippen LogP contribution is 2.12. The lowest BCUT2D eigenvalue weighted by atomic mass is 10.2.